The molecule has 1 fully saturated rings. The summed E-state index contributed by atoms with van der Waals surface area (Å²) in [6.07, 6.45) is 0.415. The largest absolute Gasteiger partial charge is 0.482 e. The Labute approximate surface area is 168 Å². The summed E-state index contributed by atoms with van der Waals surface area (Å²) in [5, 5.41) is 3.67. The summed E-state index contributed by atoms with van der Waals surface area (Å²) >= 11 is 11.8. The average Bonchev–Trinajstić information content (AvgIpc) is 3.00. The number of aryl methyl sites for hydroxylation is 1. The van der Waals surface area contributed by atoms with Gasteiger partial charge in [0, 0.05) is 36.1 Å². The molecule has 1 unspecified atom stereocenters. The highest BCUT2D eigenvalue weighted by Gasteiger charge is 2.30. The van der Waals surface area contributed by atoms with Crippen LogP contribution in [-0.2, 0) is 9.59 Å². The predicted molar refractivity (Wildman–Crippen MR) is 107 cm³/mol. The topological polar surface area (TPSA) is 58.6 Å². The van der Waals surface area contributed by atoms with E-state index in [9.17, 15) is 9.59 Å². The lowest BCUT2D eigenvalue weighted by Crippen LogP contribution is -2.34. The van der Waals surface area contributed by atoms with Gasteiger partial charge in [0.25, 0.3) is 5.91 Å². The number of anilines is 1. The number of amides is 2. The van der Waals surface area contributed by atoms with Crippen LogP contribution in [-0.4, -0.2) is 31.5 Å². The Bertz CT molecular complexity index is 840. The average molecular weight is 407 g/mol. The summed E-state index contributed by atoms with van der Waals surface area (Å²) in [6.45, 7) is 2.87. The standard InChI is InChI=1S/C20H20Cl2N2O3/c1-13-2-5-16(6-3-13)24-11-14(8-20(24)26)10-23-19(25)12-27-18-7-4-15(21)9-17(18)22/h2-7,9,14H,8,10-12H2,1H3,(H,23,25). The second-order valence-electron chi connectivity index (χ2n) is 6.58. The zero-order valence-corrected chi connectivity index (χ0v) is 16.4. The first-order valence-corrected chi connectivity index (χ1v) is 9.39. The maximum Gasteiger partial charge on any atom is 0.257 e. The summed E-state index contributed by atoms with van der Waals surface area (Å²) in [5.41, 5.74) is 2.04. The molecule has 0 spiro atoms. The van der Waals surface area contributed by atoms with E-state index in [2.05, 4.69) is 5.32 Å². The van der Waals surface area contributed by atoms with Crippen LogP contribution < -0.4 is 15.0 Å². The molecule has 142 valence electrons. The molecule has 3 rings (SSSR count). The number of ether oxygens (including phenoxy) is 1. The molecular weight excluding hydrogens is 387 g/mol. The zero-order valence-electron chi connectivity index (χ0n) is 14.9. The summed E-state index contributed by atoms with van der Waals surface area (Å²) in [6, 6.07) is 12.7. The highest BCUT2D eigenvalue weighted by molar-refractivity contribution is 6.35. The number of halogens is 2. The molecule has 0 bridgehead atoms. The molecular formula is C20H20Cl2N2O3. The second kappa shape index (κ2) is 8.63. The van der Waals surface area contributed by atoms with Crippen molar-refractivity contribution in [2.75, 3.05) is 24.6 Å². The Hall–Kier alpha value is -2.24. The molecule has 1 N–H and O–H groups in total. The molecule has 2 aromatic carbocycles. The van der Waals surface area contributed by atoms with Crippen molar-refractivity contribution >= 4 is 40.7 Å². The van der Waals surface area contributed by atoms with Gasteiger partial charge in [0.1, 0.15) is 5.75 Å². The Morgan fingerprint density at radius 3 is 2.67 bits per heavy atom. The smallest absolute Gasteiger partial charge is 0.257 e. The SMILES string of the molecule is Cc1ccc(N2CC(CNC(=O)COc3ccc(Cl)cc3Cl)CC2=O)cc1. The Morgan fingerprint density at radius 2 is 1.96 bits per heavy atom. The van der Waals surface area contributed by atoms with E-state index in [1.54, 1.807) is 23.1 Å². The van der Waals surface area contributed by atoms with Crippen molar-refractivity contribution in [1.82, 2.24) is 5.32 Å². The van der Waals surface area contributed by atoms with Crippen molar-refractivity contribution in [2.24, 2.45) is 5.92 Å². The first-order valence-electron chi connectivity index (χ1n) is 8.64. The molecule has 1 heterocycles. The molecule has 27 heavy (non-hydrogen) atoms. The van der Waals surface area contributed by atoms with Crippen LogP contribution in [0.25, 0.3) is 0 Å². The summed E-state index contributed by atoms with van der Waals surface area (Å²) in [4.78, 5) is 26.0. The molecule has 0 aliphatic carbocycles. The fraction of sp³-hybridized carbons (Fsp3) is 0.300. The van der Waals surface area contributed by atoms with E-state index in [1.807, 2.05) is 31.2 Å². The lowest BCUT2D eigenvalue weighted by molar-refractivity contribution is -0.123. The lowest BCUT2D eigenvalue weighted by atomic mass is 10.1. The highest BCUT2D eigenvalue weighted by atomic mass is 35.5. The van der Waals surface area contributed by atoms with Crippen molar-refractivity contribution in [3.63, 3.8) is 0 Å². The van der Waals surface area contributed by atoms with Crippen molar-refractivity contribution < 1.29 is 14.3 Å². The van der Waals surface area contributed by atoms with E-state index >= 15 is 0 Å². The first-order chi connectivity index (χ1) is 12.9. The lowest BCUT2D eigenvalue weighted by Gasteiger charge is -2.17. The molecule has 0 saturated carbocycles. The Kier molecular flexibility index (Phi) is 6.24. The zero-order chi connectivity index (χ0) is 19.4. The van der Waals surface area contributed by atoms with Crippen molar-refractivity contribution in [2.45, 2.75) is 13.3 Å². The van der Waals surface area contributed by atoms with Crippen LogP contribution in [0.2, 0.25) is 10.0 Å². The summed E-state index contributed by atoms with van der Waals surface area (Å²) in [5.74, 6) is 0.282. The van der Waals surface area contributed by atoms with E-state index in [0.717, 1.165) is 11.3 Å². The summed E-state index contributed by atoms with van der Waals surface area (Å²) < 4.78 is 5.41. The summed E-state index contributed by atoms with van der Waals surface area (Å²) in [7, 11) is 0. The fourth-order valence-electron chi connectivity index (χ4n) is 2.94. The third kappa shape index (κ3) is 5.15. The normalized spacial score (nSPS) is 16.5. The number of carbonyl (C=O) groups is 2. The van der Waals surface area contributed by atoms with Gasteiger partial charge < -0.3 is 15.0 Å². The van der Waals surface area contributed by atoms with E-state index in [1.165, 1.54) is 0 Å². The van der Waals surface area contributed by atoms with Crippen LogP contribution >= 0.6 is 23.2 Å². The Balaban J connectivity index is 1.46. The third-order valence-electron chi connectivity index (χ3n) is 4.39. The number of carbonyl (C=O) groups excluding carboxylic acids is 2. The molecule has 0 radical (unpaired) electrons. The van der Waals surface area contributed by atoms with Crippen LogP contribution in [0.4, 0.5) is 5.69 Å². The maximum absolute atomic E-state index is 12.3. The van der Waals surface area contributed by atoms with E-state index in [-0.39, 0.29) is 24.3 Å². The number of benzene rings is 2. The quantitative estimate of drug-likeness (QED) is 0.792. The fourth-order valence-corrected chi connectivity index (χ4v) is 3.40. The molecule has 7 heteroatoms. The molecule has 5 nitrogen and oxygen atoms in total. The third-order valence-corrected chi connectivity index (χ3v) is 4.92. The van der Waals surface area contributed by atoms with Gasteiger partial charge in [-0.05, 0) is 37.3 Å². The van der Waals surface area contributed by atoms with E-state index in [4.69, 9.17) is 27.9 Å². The van der Waals surface area contributed by atoms with E-state index in [0.29, 0.717) is 35.3 Å². The molecule has 1 aliphatic heterocycles. The van der Waals surface area contributed by atoms with Gasteiger partial charge in [-0.25, -0.2) is 0 Å². The van der Waals surface area contributed by atoms with Gasteiger partial charge in [-0.2, -0.15) is 0 Å². The first kappa shape index (κ1) is 19.5. The number of nitrogens with one attached hydrogen (secondary N) is 1. The maximum atomic E-state index is 12.3. The van der Waals surface area contributed by atoms with Gasteiger partial charge in [-0.15, -0.1) is 0 Å². The molecule has 1 saturated heterocycles. The van der Waals surface area contributed by atoms with Crippen molar-refractivity contribution in [1.29, 1.82) is 0 Å². The predicted octanol–water partition coefficient (Wildman–Crippen LogP) is 3.85. The van der Waals surface area contributed by atoms with Gasteiger partial charge in [0.15, 0.2) is 6.61 Å². The minimum atomic E-state index is -0.262. The number of rotatable bonds is 6. The number of hydrogen-bond donors (Lipinski definition) is 1. The molecule has 0 aromatic heterocycles. The molecule has 2 aromatic rings. The van der Waals surface area contributed by atoms with Crippen LogP contribution in [0.5, 0.6) is 5.75 Å². The number of nitrogens with zero attached hydrogens (tertiary/aromatic N) is 1. The van der Waals surface area contributed by atoms with Crippen LogP contribution in [0.15, 0.2) is 42.5 Å². The number of hydrogen-bond acceptors (Lipinski definition) is 3. The van der Waals surface area contributed by atoms with Crippen molar-refractivity contribution in [3.8, 4) is 5.75 Å². The van der Waals surface area contributed by atoms with Crippen LogP contribution in [0.3, 0.4) is 0 Å². The van der Waals surface area contributed by atoms with Gasteiger partial charge in [0.05, 0.1) is 5.02 Å². The van der Waals surface area contributed by atoms with Gasteiger partial charge in [-0.3, -0.25) is 9.59 Å². The van der Waals surface area contributed by atoms with Gasteiger partial charge >= 0.3 is 0 Å². The monoisotopic (exact) mass is 406 g/mol. The Morgan fingerprint density at radius 1 is 1.22 bits per heavy atom. The second-order valence-corrected chi connectivity index (χ2v) is 7.42. The molecule has 1 aliphatic rings. The minimum absolute atomic E-state index is 0.0712. The van der Waals surface area contributed by atoms with Crippen LogP contribution in [0.1, 0.15) is 12.0 Å². The van der Waals surface area contributed by atoms with E-state index < -0.39 is 0 Å². The van der Waals surface area contributed by atoms with Gasteiger partial charge in [-0.1, -0.05) is 40.9 Å². The molecule has 1 atom stereocenters. The molecule has 2 amide bonds. The minimum Gasteiger partial charge on any atom is -0.482 e. The van der Waals surface area contributed by atoms with Crippen LogP contribution in [0, 0.1) is 12.8 Å². The van der Waals surface area contributed by atoms with Crippen molar-refractivity contribution in [3.05, 3.63) is 58.1 Å². The van der Waals surface area contributed by atoms with Gasteiger partial charge in [0.2, 0.25) is 5.91 Å². The highest BCUT2D eigenvalue weighted by Crippen LogP contribution is 2.27.